The summed E-state index contributed by atoms with van der Waals surface area (Å²) in [6, 6.07) is 10.9. The molecule has 1 saturated heterocycles. The molecule has 0 amide bonds. The van der Waals surface area contributed by atoms with Crippen LogP contribution in [0.2, 0.25) is 0 Å². The molecular weight excluding hydrogens is 254 g/mol. The minimum atomic E-state index is 0.228. The largest absolute Gasteiger partial charge is 0.392 e. The van der Waals surface area contributed by atoms with E-state index in [0.29, 0.717) is 4.99 Å². The van der Waals surface area contributed by atoms with Crippen LogP contribution < -0.4 is 5.73 Å². The predicted octanol–water partition coefficient (Wildman–Crippen LogP) is 1.52. The van der Waals surface area contributed by atoms with Crippen LogP contribution in [-0.2, 0) is 6.42 Å². The molecule has 1 aromatic rings. The molecule has 2 N–H and O–H groups in total. The molecule has 0 aliphatic carbocycles. The fraction of sp³-hybridized carbons (Fsp3) is 0.533. The van der Waals surface area contributed by atoms with Crippen molar-refractivity contribution in [3.8, 4) is 0 Å². The fourth-order valence-corrected chi connectivity index (χ4v) is 2.64. The Labute approximate surface area is 121 Å². The van der Waals surface area contributed by atoms with Crippen LogP contribution >= 0.6 is 12.2 Å². The number of benzene rings is 1. The summed E-state index contributed by atoms with van der Waals surface area (Å²) in [5, 5.41) is 0. The molecule has 104 valence electrons. The normalized spacial score (nSPS) is 19.2. The monoisotopic (exact) mass is 277 g/mol. The van der Waals surface area contributed by atoms with Gasteiger partial charge >= 0.3 is 0 Å². The van der Waals surface area contributed by atoms with Gasteiger partial charge in [0, 0.05) is 32.7 Å². The first-order valence-electron chi connectivity index (χ1n) is 6.96. The third-order valence-corrected chi connectivity index (χ3v) is 4.27. The van der Waals surface area contributed by atoms with Gasteiger partial charge in [0.2, 0.25) is 0 Å². The maximum absolute atomic E-state index is 5.71. The minimum Gasteiger partial charge on any atom is -0.392 e. The van der Waals surface area contributed by atoms with E-state index in [-0.39, 0.29) is 6.04 Å². The third-order valence-electron chi connectivity index (χ3n) is 3.93. The Morgan fingerprint density at radius 2 is 1.84 bits per heavy atom. The van der Waals surface area contributed by atoms with Crippen LogP contribution in [0.5, 0.6) is 0 Å². The first-order valence-corrected chi connectivity index (χ1v) is 7.37. The number of hydrogen-bond acceptors (Lipinski definition) is 3. The quantitative estimate of drug-likeness (QED) is 0.827. The summed E-state index contributed by atoms with van der Waals surface area (Å²) >= 11 is 5.07. The first-order chi connectivity index (χ1) is 9.16. The van der Waals surface area contributed by atoms with Gasteiger partial charge in [0.05, 0.1) is 11.0 Å². The van der Waals surface area contributed by atoms with E-state index in [9.17, 15) is 0 Å². The molecule has 1 aliphatic heterocycles. The van der Waals surface area contributed by atoms with Crippen LogP contribution in [0, 0.1) is 0 Å². The Bertz CT molecular complexity index is 399. The molecule has 1 aromatic carbocycles. The van der Waals surface area contributed by atoms with Crippen LogP contribution in [0.25, 0.3) is 0 Å². The number of piperazine rings is 1. The zero-order valence-corrected chi connectivity index (χ0v) is 12.4. The van der Waals surface area contributed by atoms with Crippen molar-refractivity contribution < 1.29 is 0 Å². The van der Waals surface area contributed by atoms with Gasteiger partial charge in [-0.3, -0.25) is 4.90 Å². The van der Waals surface area contributed by atoms with Gasteiger partial charge < -0.3 is 10.6 Å². The van der Waals surface area contributed by atoms with Crippen molar-refractivity contribution >= 4 is 17.2 Å². The molecule has 1 atom stereocenters. The molecule has 0 spiro atoms. The highest BCUT2D eigenvalue weighted by atomic mass is 32.1. The fourth-order valence-electron chi connectivity index (χ4n) is 2.49. The van der Waals surface area contributed by atoms with Gasteiger partial charge in [0.25, 0.3) is 0 Å². The SMILES string of the molecule is CC(C(N)=S)N1CCN(CCc2ccccc2)CC1. The Kier molecular flexibility index (Phi) is 5.31. The van der Waals surface area contributed by atoms with E-state index in [1.54, 1.807) is 0 Å². The molecule has 3 nitrogen and oxygen atoms in total. The molecule has 0 radical (unpaired) electrons. The van der Waals surface area contributed by atoms with E-state index >= 15 is 0 Å². The maximum atomic E-state index is 5.71. The third kappa shape index (κ3) is 4.27. The Morgan fingerprint density at radius 3 is 2.42 bits per heavy atom. The van der Waals surface area contributed by atoms with Crippen molar-refractivity contribution in [1.29, 1.82) is 0 Å². The topological polar surface area (TPSA) is 32.5 Å². The lowest BCUT2D eigenvalue weighted by Gasteiger charge is -2.37. The van der Waals surface area contributed by atoms with Gasteiger partial charge in [0.15, 0.2) is 0 Å². The molecule has 19 heavy (non-hydrogen) atoms. The Morgan fingerprint density at radius 1 is 1.21 bits per heavy atom. The first kappa shape index (κ1) is 14.4. The van der Waals surface area contributed by atoms with E-state index in [0.717, 1.165) is 39.1 Å². The van der Waals surface area contributed by atoms with Gasteiger partial charge in [-0.1, -0.05) is 42.5 Å². The predicted molar refractivity (Wildman–Crippen MR) is 84.4 cm³/mol. The second-order valence-corrected chi connectivity index (χ2v) is 5.66. The summed E-state index contributed by atoms with van der Waals surface area (Å²) in [7, 11) is 0. The van der Waals surface area contributed by atoms with Crippen LogP contribution in [0.3, 0.4) is 0 Å². The summed E-state index contributed by atoms with van der Waals surface area (Å²) in [5.74, 6) is 0. The van der Waals surface area contributed by atoms with Crippen molar-refractivity contribution in [3.05, 3.63) is 35.9 Å². The van der Waals surface area contributed by atoms with Crippen molar-refractivity contribution in [1.82, 2.24) is 9.80 Å². The molecule has 1 unspecified atom stereocenters. The average Bonchev–Trinajstić information content (AvgIpc) is 2.46. The van der Waals surface area contributed by atoms with Crippen LogP contribution in [-0.4, -0.2) is 53.6 Å². The second-order valence-electron chi connectivity index (χ2n) is 5.19. The van der Waals surface area contributed by atoms with Gasteiger partial charge in [0.1, 0.15) is 0 Å². The zero-order chi connectivity index (χ0) is 13.7. The summed E-state index contributed by atoms with van der Waals surface area (Å²) in [6.45, 7) is 7.58. The summed E-state index contributed by atoms with van der Waals surface area (Å²) in [6.07, 6.45) is 1.13. The molecule has 0 saturated carbocycles. The highest BCUT2D eigenvalue weighted by Crippen LogP contribution is 2.08. The van der Waals surface area contributed by atoms with Crippen molar-refractivity contribution in [2.75, 3.05) is 32.7 Å². The van der Waals surface area contributed by atoms with E-state index in [2.05, 4.69) is 47.1 Å². The lowest BCUT2D eigenvalue weighted by Crippen LogP contribution is -2.52. The van der Waals surface area contributed by atoms with Gasteiger partial charge in [-0.2, -0.15) is 0 Å². The van der Waals surface area contributed by atoms with E-state index in [1.807, 2.05) is 0 Å². The number of nitrogens with zero attached hydrogens (tertiary/aromatic N) is 2. The molecule has 0 bridgehead atoms. The molecule has 1 heterocycles. The molecule has 4 heteroatoms. The highest BCUT2D eigenvalue weighted by Gasteiger charge is 2.21. The Balaban J connectivity index is 1.73. The highest BCUT2D eigenvalue weighted by molar-refractivity contribution is 7.80. The summed E-state index contributed by atoms with van der Waals surface area (Å²) in [5.41, 5.74) is 7.13. The molecule has 0 aromatic heterocycles. The number of thiocarbonyl (C=S) groups is 1. The average molecular weight is 277 g/mol. The molecule has 1 fully saturated rings. The Hall–Kier alpha value is -0.970. The standard InChI is InChI=1S/C15H23N3S/c1-13(15(16)19)18-11-9-17(10-12-18)8-7-14-5-3-2-4-6-14/h2-6,13H,7-12H2,1H3,(H2,16,19). The zero-order valence-electron chi connectivity index (χ0n) is 11.6. The maximum Gasteiger partial charge on any atom is 0.0899 e. The van der Waals surface area contributed by atoms with Crippen molar-refractivity contribution in [2.45, 2.75) is 19.4 Å². The summed E-state index contributed by atoms with van der Waals surface area (Å²) in [4.78, 5) is 5.51. The molecule has 1 aliphatic rings. The summed E-state index contributed by atoms with van der Waals surface area (Å²) < 4.78 is 0. The number of nitrogens with two attached hydrogens (primary N) is 1. The van der Waals surface area contributed by atoms with Crippen LogP contribution in [0.15, 0.2) is 30.3 Å². The van der Waals surface area contributed by atoms with Crippen LogP contribution in [0.1, 0.15) is 12.5 Å². The number of hydrogen-bond donors (Lipinski definition) is 1. The van der Waals surface area contributed by atoms with Crippen molar-refractivity contribution in [2.24, 2.45) is 5.73 Å². The van der Waals surface area contributed by atoms with Gasteiger partial charge in [-0.25, -0.2) is 0 Å². The van der Waals surface area contributed by atoms with E-state index in [1.165, 1.54) is 5.56 Å². The molecule has 2 rings (SSSR count). The van der Waals surface area contributed by atoms with E-state index in [4.69, 9.17) is 18.0 Å². The lowest BCUT2D eigenvalue weighted by molar-refractivity contribution is 0.124. The second kappa shape index (κ2) is 6.98. The van der Waals surface area contributed by atoms with E-state index < -0.39 is 0 Å². The molecular formula is C15H23N3S. The van der Waals surface area contributed by atoms with Gasteiger partial charge in [-0.05, 0) is 18.9 Å². The number of rotatable bonds is 5. The van der Waals surface area contributed by atoms with Gasteiger partial charge in [-0.15, -0.1) is 0 Å². The lowest BCUT2D eigenvalue weighted by atomic mass is 10.1. The van der Waals surface area contributed by atoms with Crippen molar-refractivity contribution in [3.63, 3.8) is 0 Å². The minimum absolute atomic E-state index is 0.228. The smallest absolute Gasteiger partial charge is 0.0899 e. The van der Waals surface area contributed by atoms with Crippen LogP contribution in [0.4, 0.5) is 0 Å².